The number of hydrogen-bond donors (Lipinski definition) is 1. The molecule has 4 aromatic rings. The molecule has 0 amide bonds. The fourth-order valence-corrected chi connectivity index (χ4v) is 3.47. The summed E-state index contributed by atoms with van der Waals surface area (Å²) in [6.45, 7) is 4.25. The zero-order chi connectivity index (χ0) is 18.9. The van der Waals surface area contributed by atoms with Crippen molar-refractivity contribution in [3.8, 4) is 22.8 Å². The zero-order valence-corrected chi connectivity index (χ0v) is 15.3. The van der Waals surface area contributed by atoms with E-state index in [4.69, 9.17) is 14.9 Å². The van der Waals surface area contributed by atoms with Crippen molar-refractivity contribution in [3.05, 3.63) is 54.3 Å². The standard InChI is InChI=1S/C20H20N6O2/c21-20-22-16(12-18-23-19(24-26(18)20)17-6-3-9-28-17)15-5-2-1-4-14(15)13-25-7-10-27-11-8-25/h1-6,9,12H,7-8,10-11,13H2,(H2,21,22). The van der Waals surface area contributed by atoms with Gasteiger partial charge in [0.15, 0.2) is 11.4 Å². The Labute approximate surface area is 161 Å². The molecule has 1 aromatic carbocycles. The Bertz CT molecular complexity index is 1100. The fourth-order valence-electron chi connectivity index (χ4n) is 3.47. The smallest absolute Gasteiger partial charge is 0.223 e. The lowest BCUT2D eigenvalue weighted by Crippen LogP contribution is -2.35. The minimum Gasteiger partial charge on any atom is -0.461 e. The van der Waals surface area contributed by atoms with Gasteiger partial charge in [-0.15, -0.1) is 5.10 Å². The van der Waals surface area contributed by atoms with Crippen LogP contribution in [0.5, 0.6) is 0 Å². The van der Waals surface area contributed by atoms with Crippen molar-refractivity contribution < 1.29 is 9.15 Å². The van der Waals surface area contributed by atoms with Crippen molar-refractivity contribution in [2.75, 3.05) is 32.0 Å². The van der Waals surface area contributed by atoms with Crippen molar-refractivity contribution in [1.82, 2.24) is 24.5 Å². The number of morpholine rings is 1. The van der Waals surface area contributed by atoms with Crippen LogP contribution in [0.15, 0.2) is 53.1 Å². The Hall–Kier alpha value is -3.23. The van der Waals surface area contributed by atoms with Gasteiger partial charge in [-0.3, -0.25) is 4.90 Å². The molecule has 1 aliphatic rings. The van der Waals surface area contributed by atoms with Crippen LogP contribution in [0.4, 0.5) is 5.95 Å². The molecule has 0 atom stereocenters. The van der Waals surface area contributed by atoms with E-state index in [-0.39, 0.29) is 0 Å². The highest BCUT2D eigenvalue weighted by Crippen LogP contribution is 2.26. The van der Waals surface area contributed by atoms with Gasteiger partial charge in [0.2, 0.25) is 11.8 Å². The molecule has 1 fully saturated rings. The number of hydrogen-bond acceptors (Lipinski definition) is 7. The van der Waals surface area contributed by atoms with Gasteiger partial charge in [0, 0.05) is 31.3 Å². The summed E-state index contributed by atoms with van der Waals surface area (Å²) in [5, 5.41) is 4.41. The molecule has 0 aliphatic carbocycles. The summed E-state index contributed by atoms with van der Waals surface area (Å²) in [4.78, 5) is 11.5. The Kier molecular flexibility index (Phi) is 4.27. The third-order valence-corrected chi connectivity index (χ3v) is 4.88. The molecule has 8 heteroatoms. The quantitative estimate of drug-likeness (QED) is 0.584. The topological polar surface area (TPSA) is 94.7 Å². The second kappa shape index (κ2) is 7.06. The van der Waals surface area contributed by atoms with Crippen LogP contribution in [0.25, 0.3) is 28.5 Å². The number of rotatable bonds is 4. The minimum atomic E-state index is 0.291. The molecule has 0 spiro atoms. The van der Waals surface area contributed by atoms with Gasteiger partial charge in [0.05, 0.1) is 25.2 Å². The SMILES string of the molecule is Nc1nc(-c2ccccc2CN2CCOCC2)cc2nc(-c3ccco3)nn12. The third kappa shape index (κ3) is 3.12. The summed E-state index contributed by atoms with van der Waals surface area (Å²) in [6, 6.07) is 13.8. The molecule has 2 N–H and O–H groups in total. The number of nitrogens with zero attached hydrogens (tertiary/aromatic N) is 5. The number of benzene rings is 1. The maximum Gasteiger partial charge on any atom is 0.223 e. The van der Waals surface area contributed by atoms with E-state index >= 15 is 0 Å². The van der Waals surface area contributed by atoms with Gasteiger partial charge in [0.25, 0.3) is 0 Å². The summed E-state index contributed by atoms with van der Waals surface area (Å²) in [6.07, 6.45) is 1.59. The number of nitrogens with two attached hydrogens (primary N) is 1. The summed E-state index contributed by atoms with van der Waals surface area (Å²) in [5.41, 5.74) is 9.85. The molecule has 28 heavy (non-hydrogen) atoms. The molecule has 0 radical (unpaired) electrons. The lowest BCUT2D eigenvalue weighted by molar-refractivity contribution is 0.0342. The van der Waals surface area contributed by atoms with Crippen molar-refractivity contribution in [1.29, 1.82) is 0 Å². The molecular formula is C20H20N6O2. The third-order valence-electron chi connectivity index (χ3n) is 4.88. The van der Waals surface area contributed by atoms with Gasteiger partial charge in [0.1, 0.15) is 0 Å². The van der Waals surface area contributed by atoms with E-state index in [2.05, 4.69) is 32.1 Å². The maximum atomic E-state index is 6.19. The first-order valence-electron chi connectivity index (χ1n) is 9.23. The van der Waals surface area contributed by atoms with Gasteiger partial charge in [-0.1, -0.05) is 24.3 Å². The summed E-state index contributed by atoms with van der Waals surface area (Å²) < 4.78 is 12.4. The molecule has 1 saturated heterocycles. The van der Waals surface area contributed by atoms with Crippen molar-refractivity contribution in [3.63, 3.8) is 0 Å². The molecule has 0 bridgehead atoms. The maximum absolute atomic E-state index is 6.19. The second-order valence-electron chi connectivity index (χ2n) is 6.73. The highest BCUT2D eigenvalue weighted by molar-refractivity contribution is 5.69. The van der Waals surface area contributed by atoms with Gasteiger partial charge >= 0.3 is 0 Å². The molecular weight excluding hydrogens is 356 g/mol. The summed E-state index contributed by atoms with van der Waals surface area (Å²) >= 11 is 0. The molecule has 8 nitrogen and oxygen atoms in total. The van der Waals surface area contributed by atoms with Crippen LogP contribution in [-0.4, -0.2) is 50.8 Å². The average molecular weight is 376 g/mol. The molecule has 142 valence electrons. The van der Waals surface area contributed by atoms with Crippen molar-refractivity contribution in [2.45, 2.75) is 6.54 Å². The highest BCUT2D eigenvalue weighted by atomic mass is 16.5. The van der Waals surface area contributed by atoms with Crippen LogP contribution in [0.1, 0.15) is 5.56 Å². The van der Waals surface area contributed by atoms with Gasteiger partial charge in [-0.2, -0.15) is 4.52 Å². The first-order valence-corrected chi connectivity index (χ1v) is 9.23. The average Bonchev–Trinajstić information content (AvgIpc) is 3.39. The molecule has 0 saturated carbocycles. The van der Waals surface area contributed by atoms with Crippen LogP contribution in [0.3, 0.4) is 0 Å². The molecule has 4 heterocycles. The summed E-state index contributed by atoms with van der Waals surface area (Å²) in [5.74, 6) is 1.37. The van der Waals surface area contributed by atoms with Crippen LogP contribution in [0, 0.1) is 0 Å². The Morgan fingerprint density at radius 3 is 2.71 bits per heavy atom. The van der Waals surface area contributed by atoms with Crippen LogP contribution >= 0.6 is 0 Å². The van der Waals surface area contributed by atoms with Gasteiger partial charge in [-0.05, 0) is 17.7 Å². The number of furan rings is 1. The van der Waals surface area contributed by atoms with E-state index in [0.717, 1.165) is 44.1 Å². The summed E-state index contributed by atoms with van der Waals surface area (Å²) in [7, 11) is 0. The predicted octanol–water partition coefficient (Wildman–Crippen LogP) is 2.47. The number of nitrogen functional groups attached to an aromatic ring is 1. The van der Waals surface area contributed by atoms with E-state index < -0.39 is 0 Å². The predicted molar refractivity (Wildman–Crippen MR) is 104 cm³/mol. The van der Waals surface area contributed by atoms with Gasteiger partial charge in [-0.25, -0.2) is 9.97 Å². The fraction of sp³-hybridized carbons (Fsp3) is 0.250. The van der Waals surface area contributed by atoms with Crippen LogP contribution < -0.4 is 5.73 Å². The van der Waals surface area contributed by atoms with Crippen molar-refractivity contribution in [2.24, 2.45) is 0 Å². The molecule has 0 unspecified atom stereocenters. The first kappa shape index (κ1) is 16.9. The lowest BCUT2D eigenvalue weighted by Gasteiger charge is -2.27. The molecule has 5 rings (SSSR count). The Morgan fingerprint density at radius 2 is 1.89 bits per heavy atom. The number of aromatic nitrogens is 4. The molecule has 3 aromatic heterocycles. The van der Waals surface area contributed by atoms with Gasteiger partial charge < -0.3 is 14.9 Å². The Morgan fingerprint density at radius 1 is 1.04 bits per heavy atom. The zero-order valence-electron chi connectivity index (χ0n) is 15.3. The van der Waals surface area contributed by atoms with E-state index in [1.165, 1.54) is 10.1 Å². The van der Waals surface area contributed by atoms with Crippen LogP contribution in [-0.2, 0) is 11.3 Å². The highest BCUT2D eigenvalue weighted by Gasteiger charge is 2.17. The number of fused-ring (bicyclic) bond motifs is 1. The van der Waals surface area contributed by atoms with E-state index in [1.807, 2.05) is 24.3 Å². The lowest BCUT2D eigenvalue weighted by atomic mass is 10.0. The van der Waals surface area contributed by atoms with E-state index in [1.54, 1.807) is 12.3 Å². The number of anilines is 1. The first-order chi connectivity index (χ1) is 13.8. The van der Waals surface area contributed by atoms with E-state index in [9.17, 15) is 0 Å². The van der Waals surface area contributed by atoms with Crippen LogP contribution in [0.2, 0.25) is 0 Å². The van der Waals surface area contributed by atoms with Crippen molar-refractivity contribution >= 4 is 11.6 Å². The largest absolute Gasteiger partial charge is 0.461 e. The second-order valence-corrected chi connectivity index (χ2v) is 6.73. The minimum absolute atomic E-state index is 0.291. The monoisotopic (exact) mass is 376 g/mol. The molecule has 1 aliphatic heterocycles. The normalized spacial score (nSPS) is 15.3. The Balaban J connectivity index is 1.54. The number of ether oxygens (including phenoxy) is 1. The van der Waals surface area contributed by atoms with E-state index in [0.29, 0.717) is 23.2 Å².